The lowest BCUT2D eigenvalue weighted by Crippen LogP contribution is -2.54. The van der Waals surface area contributed by atoms with E-state index in [1.54, 1.807) is 28.8 Å². The van der Waals surface area contributed by atoms with Gasteiger partial charge in [0.2, 0.25) is 0 Å². The van der Waals surface area contributed by atoms with Crippen molar-refractivity contribution in [3.63, 3.8) is 0 Å². The molecule has 0 aliphatic heterocycles. The summed E-state index contributed by atoms with van der Waals surface area (Å²) in [6, 6.07) is 5.31. The number of fused-ring (bicyclic) bond motifs is 3. The number of pyridine rings is 1. The van der Waals surface area contributed by atoms with Crippen molar-refractivity contribution in [3.8, 4) is 0 Å². The summed E-state index contributed by atoms with van der Waals surface area (Å²) in [6.07, 6.45) is 5.24. The number of carbonyl (C=O) groups is 2. The second-order valence-corrected chi connectivity index (χ2v) is 8.35. The molecule has 1 amide bonds. The third kappa shape index (κ3) is 2.77. The van der Waals surface area contributed by atoms with Gasteiger partial charge >= 0.3 is 5.97 Å². The SMILES string of the molecule is CC1(C)C2CC[C@H](CNC(=O)c3cccc4nc(CC(=O)O)cn34)C1C2. The first kappa shape index (κ1) is 17.1. The molecular formula is C20H25N3O3. The molecule has 2 unspecified atom stereocenters. The minimum absolute atomic E-state index is 0.130. The largest absolute Gasteiger partial charge is 0.481 e. The van der Waals surface area contributed by atoms with E-state index in [9.17, 15) is 9.59 Å². The number of amides is 1. The van der Waals surface area contributed by atoms with Crippen molar-refractivity contribution in [1.82, 2.24) is 14.7 Å². The van der Waals surface area contributed by atoms with E-state index in [0.717, 1.165) is 5.92 Å². The van der Waals surface area contributed by atoms with Crippen molar-refractivity contribution in [2.45, 2.75) is 39.5 Å². The number of carbonyl (C=O) groups excluding carboxylic acids is 1. The summed E-state index contributed by atoms with van der Waals surface area (Å²) in [6.45, 7) is 5.42. The van der Waals surface area contributed by atoms with Crippen molar-refractivity contribution >= 4 is 17.5 Å². The molecule has 3 aliphatic carbocycles. The van der Waals surface area contributed by atoms with Crippen molar-refractivity contribution < 1.29 is 14.7 Å². The fourth-order valence-corrected chi connectivity index (χ4v) is 5.01. The van der Waals surface area contributed by atoms with Gasteiger partial charge in [-0.3, -0.25) is 14.0 Å². The monoisotopic (exact) mass is 355 g/mol. The zero-order valence-electron chi connectivity index (χ0n) is 15.2. The van der Waals surface area contributed by atoms with Crippen LogP contribution >= 0.6 is 0 Å². The smallest absolute Gasteiger partial charge is 0.309 e. The van der Waals surface area contributed by atoms with Gasteiger partial charge in [0.1, 0.15) is 11.3 Å². The molecule has 0 radical (unpaired) electrons. The van der Waals surface area contributed by atoms with Gasteiger partial charge in [-0.25, -0.2) is 4.98 Å². The van der Waals surface area contributed by atoms with E-state index in [2.05, 4.69) is 24.1 Å². The van der Waals surface area contributed by atoms with Gasteiger partial charge in [-0.15, -0.1) is 0 Å². The van der Waals surface area contributed by atoms with Crippen molar-refractivity contribution in [2.75, 3.05) is 6.54 Å². The topological polar surface area (TPSA) is 83.7 Å². The van der Waals surface area contributed by atoms with E-state index >= 15 is 0 Å². The molecule has 3 aliphatic rings. The van der Waals surface area contributed by atoms with Gasteiger partial charge in [-0.05, 0) is 54.6 Å². The molecule has 2 aromatic heterocycles. The van der Waals surface area contributed by atoms with Crippen LogP contribution < -0.4 is 5.32 Å². The molecule has 3 fully saturated rings. The van der Waals surface area contributed by atoms with Crippen LogP contribution in [0.4, 0.5) is 0 Å². The lowest BCUT2D eigenvalue weighted by atomic mass is 9.45. The average Bonchev–Trinajstić information content (AvgIpc) is 3.01. The maximum absolute atomic E-state index is 12.7. The molecule has 0 aromatic carbocycles. The molecule has 5 rings (SSSR count). The second kappa shape index (κ2) is 6.11. The Labute approximate surface area is 152 Å². The Morgan fingerprint density at radius 3 is 2.85 bits per heavy atom. The molecule has 2 N–H and O–H groups in total. The first-order chi connectivity index (χ1) is 12.4. The van der Waals surface area contributed by atoms with Crippen LogP contribution in [0, 0.1) is 23.2 Å². The van der Waals surface area contributed by atoms with Crippen molar-refractivity contribution in [1.29, 1.82) is 0 Å². The minimum Gasteiger partial charge on any atom is -0.481 e. The fourth-order valence-electron chi connectivity index (χ4n) is 5.01. The molecule has 6 heteroatoms. The van der Waals surface area contributed by atoms with Crippen LogP contribution in [0.3, 0.4) is 0 Å². The maximum atomic E-state index is 12.7. The van der Waals surface area contributed by atoms with Crippen molar-refractivity contribution in [2.24, 2.45) is 23.2 Å². The maximum Gasteiger partial charge on any atom is 0.309 e. The van der Waals surface area contributed by atoms with Gasteiger partial charge in [0, 0.05) is 12.7 Å². The molecule has 26 heavy (non-hydrogen) atoms. The molecular weight excluding hydrogens is 330 g/mol. The number of nitrogens with one attached hydrogen (secondary N) is 1. The standard InChI is InChI=1S/C20H25N3O3/c1-20(2)13-7-6-12(15(20)8-13)10-21-19(26)16-4-3-5-17-22-14(9-18(24)25)11-23(16)17/h3-5,11-13,15H,6-10H2,1-2H3,(H,21,26)(H,24,25)/t12-,13?,15?/m1/s1. The number of rotatable bonds is 5. The van der Waals surface area contributed by atoms with Crippen LogP contribution in [0.15, 0.2) is 24.4 Å². The van der Waals surface area contributed by atoms with E-state index in [4.69, 9.17) is 5.11 Å². The summed E-state index contributed by atoms with van der Waals surface area (Å²) in [4.78, 5) is 27.9. The van der Waals surface area contributed by atoms with Crippen LogP contribution in [0.2, 0.25) is 0 Å². The van der Waals surface area contributed by atoms with Crippen LogP contribution in [0.5, 0.6) is 0 Å². The average molecular weight is 355 g/mol. The molecule has 3 atom stereocenters. The highest BCUT2D eigenvalue weighted by atomic mass is 16.4. The van der Waals surface area contributed by atoms with Crippen LogP contribution in [0.25, 0.3) is 5.65 Å². The quantitative estimate of drug-likeness (QED) is 0.864. The van der Waals surface area contributed by atoms with E-state index in [-0.39, 0.29) is 12.3 Å². The van der Waals surface area contributed by atoms with E-state index in [0.29, 0.717) is 40.8 Å². The van der Waals surface area contributed by atoms with Crippen LogP contribution in [-0.2, 0) is 11.2 Å². The van der Waals surface area contributed by atoms with E-state index in [1.807, 2.05) is 0 Å². The molecule has 2 bridgehead atoms. The Morgan fingerprint density at radius 2 is 2.15 bits per heavy atom. The van der Waals surface area contributed by atoms with E-state index < -0.39 is 5.97 Å². The molecule has 6 nitrogen and oxygen atoms in total. The summed E-state index contributed by atoms with van der Waals surface area (Å²) in [7, 11) is 0. The minimum atomic E-state index is -0.932. The lowest BCUT2D eigenvalue weighted by Gasteiger charge is -2.60. The van der Waals surface area contributed by atoms with Gasteiger partial charge in [0.15, 0.2) is 0 Å². The van der Waals surface area contributed by atoms with Crippen LogP contribution in [0.1, 0.15) is 49.3 Å². The summed E-state index contributed by atoms with van der Waals surface area (Å²) in [5.41, 5.74) is 1.94. The van der Waals surface area contributed by atoms with Gasteiger partial charge < -0.3 is 10.4 Å². The van der Waals surface area contributed by atoms with Gasteiger partial charge in [-0.1, -0.05) is 19.9 Å². The number of imidazole rings is 1. The number of carboxylic acid groups (broad SMARTS) is 1. The lowest BCUT2D eigenvalue weighted by molar-refractivity contribution is -0.136. The van der Waals surface area contributed by atoms with Crippen molar-refractivity contribution in [3.05, 3.63) is 35.8 Å². The summed E-state index contributed by atoms with van der Waals surface area (Å²) < 4.78 is 1.68. The number of hydrogen-bond donors (Lipinski definition) is 2. The summed E-state index contributed by atoms with van der Waals surface area (Å²) in [5, 5.41) is 12.0. The highest BCUT2D eigenvalue weighted by molar-refractivity contribution is 5.93. The Morgan fingerprint density at radius 1 is 1.35 bits per heavy atom. The van der Waals surface area contributed by atoms with Gasteiger partial charge in [-0.2, -0.15) is 0 Å². The molecule has 0 spiro atoms. The molecule has 2 heterocycles. The number of hydrogen-bond acceptors (Lipinski definition) is 3. The number of aliphatic carboxylic acids is 1. The number of nitrogens with zero attached hydrogens (tertiary/aromatic N) is 2. The van der Waals surface area contributed by atoms with E-state index in [1.165, 1.54) is 19.3 Å². The number of carboxylic acids is 1. The zero-order chi connectivity index (χ0) is 18.5. The van der Waals surface area contributed by atoms with Crippen LogP contribution in [-0.4, -0.2) is 32.9 Å². The first-order valence-electron chi connectivity index (χ1n) is 9.33. The molecule has 138 valence electrons. The normalized spacial score (nSPS) is 26.3. The third-order valence-corrected chi connectivity index (χ3v) is 6.63. The van der Waals surface area contributed by atoms with Gasteiger partial charge in [0.05, 0.1) is 12.1 Å². The zero-order valence-corrected chi connectivity index (χ0v) is 15.2. The Bertz CT molecular complexity index is 868. The molecule has 2 aromatic rings. The van der Waals surface area contributed by atoms with Gasteiger partial charge in [0.25, 0.3) is 5.91 Å². The Kier molecular flexibility index (Phi) is 4.01. The second-order valence-electron chi connectivity index (χ2n) is 8.35. The predicted octanol–water partition coefficient (Wildman–Crippen LogP) is 2.76. The molecule has 3 saturated carbocycles. The third-order valence-electron chi connectivity index (χ3n) is 6.63. The number of aromatic nitrogens is 2. The predicted molar refractivity (Wildman–Crippen MR) is 97.0 cm³/mol. The fraction of sp³-hybridized carbons (Fsp3) is 0.550. The summed E-state index contributed by atoms with van der Waals surface area (Å²) >= 11 is 0. The highest BCUT2D eigenvalue weighted by Crippen LogP contribution is 2.61. The highest BCUT2D eigenvalue weighted by Gasteiger charge is 2.53. The Balaban J connectivity index is 1.48. The first-order valence-corrected chi connectivity index (χ1v) is 9.33. The summed E-state index contributed by atoms with van der Waals surface area (Å²) in [5.74, 6) is 1.04. The molecule has 0 saturated heterocycles. The Hall–Kier alpha value is -2.37.